The molecule has 1 atom stereocenters. The molecule has 0 spiro atoms. The number of rotatable bonds is 5. The largest absolute Gasteiger partial charge is 0.376 e. The zero-order valence-electron chi connectivity index (χ0n) is 15.9. The van der Waals surface area contributed by atoms with Gasteiger partial charge >= 0.3 is 0 Å². The molecule has 28 heavy (non-hydrogen) atoms. The fourth-order valence-corrected chi connectivity index (χ4v) is 4.23. The minimum absolute atomic E-state index is 0.0128. The van der Waals surface area contributed by atoms with E-state index in [1.54, 1.807) is 6.20 Å². The van der Waals surface area contributed by atoms with Crippen molar-refractivity contribution in [3.63, 3.8) is 0 Å². The molecule has 1 unspecified atom stereocenters. The number of benzene rings is 2. The van der Waals surface area contributed by atoms with Crippen LogP contribution in [-0.4, -0.2) is 35.0 Å². The quantitative estimate of drug-likeness (QED) is 0.554. The molecule has 5 heteroatoms. The Bertz CT molecular complexity index is 999. The predicted octanol–water partition coefficient (Wildman–Crippen LogP) is 5.13. The molecule has 2 heterocycles. The van der Waals surface area contributed by atoms with E-state index in [-0.39, 0.29) is 12.0 Å². The number of amides is 1. The summed E-state index contributed by atoms with van der Waals surface area (Å²) < 4.78 is 6.83. The molecule has 144 valence electrons. The molecule has 2 aromatic carbocycles. The number of para-hydroxylation sites is 1. The Hall–Kier alpha value is -2.24. The van der Waals surface area contributed by atoms with Gasteiger partial charge in [0.15, 0.2) is 0 Å². The summed E-state index contributed by atoms with van der Waals surface area (Å²) in [7, 11) is 0. The van der Waals surface area contributed by atoms with Gasteiger partial charge in [-0.1, -0.05) is 46.3 Å². The molecular formula is C23H23BrN2O2. The van der Waals surface area contributed by atoms with Gasteiger partial charge < -0.3 is 9.64 Å². The molecule has 1 aliphatic heterocycles. The SMILES string of the molecule is Cc1ccc(CN(CC2CCCO2)C(=O)c2cnc3ccccc3c2)c(Br)c1. The first-order chi connectivity index (χ1) is 13.6. The maximum absolute atomic E-state index is 13.4. The lowest BCUT2D eigenvalue weighted by molar-refractivity contribution is 0.0506. The van der Waals surface area contributed by atoms with Crippen LogP contribution in [-0.2, 0) is 11.3 Å². The van der Waals surface area contributed by atoms with Crippen molar-refractivity contribution in [3.8, 4) is 0 Å². The zero-order valence-corrected chi connectivity index (χ0v) is 17.5. The number of hydrogen-bond acceptors (Lipinski definition) is 3. The average Bonchev–Trinajstić information content (AvgIpc) is 3.21. The van der Waals surface area contributed by atoms with Crippen molar-refractivity contribution in [2.45, 2.75) is 32.4 Å². The first kappa shape index (κ1) is 19.1. The van der Waals surface area contributed by atoms with Gasteiger partial charge in [0.2, 0.25) is 0 Å². The summed E-state index contributed by atoms with van der Waals surface area (Å²) in [4.78, 5) is 19.7. The second-order valence-corrected chi connectivity index (χ2v) is 8.19. The number of halogens is 1. The highest BCUT2D eigenvalue weighted by atomic mass is 79.9. The number of aromatic nitrogens is 1. The first-order valence-corrected chi connectivity index (χ1v) is 10.4. The van der Waals surface area contributed by atoms with Gasteiger partial charge in [-0.15, -0.1) is 0 Å². The van der Waals surface area contributed by atoms with Crippen molar-refractivity contribution >= 4 is 32.7 Å². The average molecular weight is 439 g/mol. The number of carbonyl (C=O) groups is 1. The van der Waals surface area contributed by atoms with E-state index in [4.69, 9.17) is 4.74 Å². The Morgan fingerprint density at radius 1 is 1.25 bits per heavy atom. The monoisotopic (exact) mass is 438 g/mol. The summed E-state index contributed by atoms with van der Waals surface area (Å²) in [6.45, 7) is 3.96. The third-order valence-electron chi connectivity index (χ3n) is 5.14. The Morgan fingerprint density at radius 2 is 2.11 bits per heavy atom. The highest BCUT2D eigenvalue weighted by Gasteiger charge is 2.24. The summed E-state index contributed by atoms with van der Waals surface area (Å²) in [6, 6.07) is 16.0. The van der Waals surface area contributed by atoms with Gasteiger partial charge in [-0.25, -0.2) is 0 Å². The molecule has 1 fully saturated rings. The van der Waals surface area contributed by atoms with Crippen molar-refractivity contribution < 1.29 is 9.53 Å². The third-order valence-corrected chi connectivity index (χ3v) is 5.88. The summed E-state index contributed by atoms with van der Waals surface area (Å²) in [6.07, 6.45) is 3.83. The van der Waals surface area contributed by atoms with E-state index in [9.17, 15) is 4.79 Å². The summed E-state index contributed by atoms with van der Waals surface area (Å²) in [5.41, 5.74) is 3.78. The topological polar surface area (TPSA) is 42.4 Å². The first-order valence-electron chi connectivity index (χ1n) is 9.61. The van der Waals surface area contributed by atoms with Gasteiger partial charge in [0, 0.05) is 35.8 Å². The van der Waals surface area contributed by atoms with Gasteiger partial charge in [0.1, 0.15) is 0 Å². The predicted molar refractivity (Wildman–Crippen MR) is 114 cm³/mol. The Balaban J connectivity index is 1.63. The lowest BCUT2D eigenvalue weighted by Crippen LogP contribution is -2.37. The summed E-state index contributed by atoms with van der Waals surface area (Å²) >= 11 is 3.64. The molecule has 1 aromatic heterocycles. The van der Waals surface area contributed by atoms with Crippen LogP contribution >= 0.6 is 15.9 Å². The second kappa shape index (κ2) is 8.41. The number of pyridine rings is 1. The molecule has 0 saturated carbocycles. The van der Waals surface area contributed by atoms with E-state index >= 15 is 0 Å². The molecule has 0 N–H and O–H groups in total. The van der Waals surface area contributed by atoms with Gasteiger partial charge in [-0.3, -0.25) is 9.78 Å². The molecule has 1 amide bonds. The van der Waals surface area contributed by atoms with Crippen LogP contribution in [0.15, 0.2) is 59.2 Å². The molecule has 4 rings (SSSR count). The minimum atomic E-state index is -0.0128. The van der Waals surface area contributed by atoms with Crippen LogP contribution in [0.3, 0.4) is 0 Å². The standard InChI is InChI=1S/C23H23BrN2O2/c1-16-8-9-18(21(24)11-16)14-26(15-20-6-4-10-28-20)23(27)19-12-17-5-2-3-7-22(17)25-13-19/h2-3,5,7-9,11-13,20H,4,6,10,14-15H2,1H3. The smallest absolute Gasteiger partial charge is 0.255 e. The Morgan fingerprint density at radius 3 is 2.89 bits per heavy atom. The zero-order chi connectivity index (χ0) is 19.5. The molecule has 4 nitrogen and oxygen atoms in total. The molecule has 0 radical (unpaired) electrons. The number of aryl methyl sites for hydroxylation is 1. The van der Waals surface area contributed by atoms with Crippen molar-refractivity contribution in [1.82, 2.24) is 9.88 Å². The van der Waals surface area contributed by atoms with Crippen molar-refractivity contribution in [3.05, 3.63) is 75.9 Å². The van der Waals surface area contributed by atoms with Crippen LogP contribution in [0.2, 0.25) is 0 Å². The van der Waals surface area contributed by atoms with Crippen molar-refractivity contribution in [1.29, 1.82) is 0 Å². The van der Waals surface area contributed by atoms with Crippen molar-refractivity contribution in [2.75, 3.05) is 13.2 Å². The van der Waals surface area contributed by atoms with E-state index in [0.29, 0.717) is 18.7 Å². The highest BCUT2D eigenvalue weighted by molar-refractivity contribution is 9.10. The van der Waals surface area contributed by atoms with Crippen LogP contribution in [0.1, 0.15) is 34.3 Å². The van der Waals surface area contributed by atoms with Gasteiger partial charge in [0.25, 0.3) is 5.91 Å². The van der Waals surface area contributed by atoms with Crippen LogP contribution in [0.25, 0.3) is 10.9 Å². The number of nitrogens with zero attached hydrogens (tertiary/aromatic N) is 2. The fourth-order valence-electron chi connectivity index (χ4n) is 3.61. The molecule has 0 aliphatic carbocycles. The minimum Gasteiger partial charge on any atom is -0.376 e. The van der Waals surface area contributed by atoms with E-state index in [1.807, 2.05) is 35.2 Å². The van der Waals surface area contributed by atoms with Crippen LogP contribution in [0, 0.1) is 6.92 Å². The molecule has 1 saturated heterocycles. The van der Waals surface area contributed by atoms with Gasteiger partial charge in [0.05, 0.1) is 17.2 Å². The van der Waals surface area contributed by atoms with Crippen molar-refractivity contribution in [2.24, 2.45) is 0 Å². The normalized spacial score (nSPS) is 16.4. The molecule has 0 bridgehead atoms. The molecule has 3 aromatic rings. The number of ether oxygens (including phenoxy) is 1. The molecular weight excluding hydrogens is 416 g/mol. The number of fused-ring (bicyclic) bond motifs is 1. The molecule has 1 aliphatic rings. The summed E-state index contributed by atoms with van der Waals surface area (Å²) in [5, 5.41) is 0.974. The van der Waals surface area contributed by atoms with E-state index in [2.05, 4.69) is 46.0 Å². The van der Waals surface area contributed by atoms with E-state index < -0.39 is 0 Å². The fraction of sp³-hybridized carbons (Fsp3) is 0.304. The number of carbonyl (C=O) groups excluding carboxylic acids is 1. The van der Waals surface area contributed by atoms with Crippen LogP contribution in [0.5, 0.6) is 0 Å². The van der Waals surface area contributed by atoms with E-state index in [1.165, 1.54) is 5.56 Å². The van der Waals surface area contributed by atoms with Crippen LogP contribution in [0.4, 0.5) is 0 Å². The Labute approximate surface area is 173 Å². The number of hydrogen-bond donors (Lipinski definition) is 0. The van der Waals surface area contributed by atoms with Crippen LogP contribution < -0.4 is 0 Å². The Kier molecular flexibility index (Phi) is 5.74. The van der Waals surface area contributed by atoms with Gasteiger partial charge in [-0.05, 0) is 49.1 Å². The lowest BCUT2D eigenvalue weighted by Gasteiger charge is -2.26. The maximum atomic E-state index is 13.4. The second-order valence-electron chi connectivity index (χ2n) is 7.33. The third kappa shape index (κ3) is 4.26. The lowest BCUT2D eigenvalue weighted by atomic mass is 10.1. The summed E-state index contributed by atoms with van der Waals surface area (Å²) in [5.74, 6) is -0.0128. The van der Waals surface area contributed by atoms with E-state index in [0.717, 1.165) is 40.4 Å². The maximum Gasteiger partial charge on any atom is 0.255 e. The highest BCUT2D eigenvalue weighted by Crippen LogP contribution is 2.23. The van der Waals surface area contributed by atoms with Gasteiger partial charge in [-0.2, -0.15) is 0 Å².